The lowest BCUT2D eigenvalue weighted by Crippen LogP contribution is -2.51. The Balaban J connectivity index is 1.48. The number of piperidine rings is 1. The molecule has 1 aromatic heterocycles. The highest BCUT2D eigenvalue weighted by molar-refractivity contribution is 5.97. The maximum Gasteiger partial charge on any atom is 0.416 e. The standard InChI is InChI=1S/C23H19F3N4O5/c24-23(25,26)14-3-6-16-17(10-14)27-11-19(29-16)28-15-4-1-12(2-5-15)20(31)30-8-7-13(21(32)33)9-18(30)22(34)35/h1-6,10-11,13,18H,7-9H2,(H,28,29)(H,32,33)(H,34,35). The maximum atomic E-state index is 12.9. The average Bonchev–Trinajstić information content (AvgIpc) is 2.82. The first-order valence-corrected chi connectivity index (χ1v) is 10.5. The van der Waals surface area contributed by atoms with Gasteiger partial charge in [-0.25, -0.2) is 9.78 Å². The molecule has 35 heavy (non-hydrogen) atoms. The van der Waals surface area contributed by atoms with Crippen LogP contribution in [0, 0.1) is 5.92 Å². The van der Waals surface area contributed by atoms with Gasteiger partial charge in [-0.15, -0.1) is 0 Å². The molecule has 0 aliphatic carbocycles. The van der Waals surface area contributed by atoms with E-state index in [1.54, 1.807) is 12.1 Å². The predicted molar refractivity (Wildman–Crippen MR) is 117 cm³/mol. The topological polar surface area (TPSA) is 133 Å². The van der Waals surface area contributed by atoms with Gasteiger partial charge >= 0.3 is 18.1 Å². The fourth-order valence-corrected chi connectivity index (χ4v) is 3.92. The van der Waals surface area contributed by atoms with Gasteiger partial charge in [0, 0.05) is 17.8 Å². The molecule has 0 bridgehead atoms. The number of hydrogen-bond donors (Lipinski definition) is 3. The second-order valence-corrected chi connectivity index (χ2v) is 8.07. The summed E-state index contributed by atoms with van der Waals surface area (Å²) < 4.78 is 38.6. The molecular weight excluding hydrogens is 469 g/mol. The van der Waals surface area contributed by atoms with Crippen molar-refractivity contribution in [1.82, 2.24) is 14.9 Å². The lowest BCUT2D eigenvalue weighted by molar-refractivity contribution is -0.149. The van der Waals surface area contributed by atoms with Crippen molar-refractivity contribution in [2.24, 2.45) is 5.92 Å². The third-order valence-electron chi connectivity index (χ3n) is 5.77. The highest BCUT2D eigenvalue weighted by atomic mass is 19.4. The molecular formula is C23H19F3N4O5. The van der Waals surface area contributed by atoms with Crippen LogP contribution in [0.1, 0.15) is 28.8 Å². The Morgan fingerprint density at radius 3 is 2.34 bits per heavy atom. The highest BCUT2D eigenvalue weighted by Crippen LogP contribution is 2.31. The van der Waals surface area contributed by atoms with E-state index in [4.69, 9.17) is 0 Å². The van der Waals surface area contributed by atoms with Crippen molar-refractivity contribution in [3.63, 3.8) is 0 Å². The molecule has 3 aromatic rings. The van der Waals surface area contributed by atoms with Crippen LogP contribution in [0.2, 0.25) is 0 Å². The molecule has 3 N–H and O–H groups in total. The number of aliphatic carboxylic acids is 2. The largest absolute Gasteiger partial charge is 0.481 e. The number of benzene rings is 2. The fraction of sp³-hybridized carbons (Fsp3) is 0.261. The van der Waals surface area contributed by atoms with Crippen LogP contribution in [0.4, 0.5) is 24.7 Å². The first kappa shape index (κ1) is 23.9. The summed E-state index contributed by atoms with van der Waals surface area (Å²) in [6.07, 6.45) is -3.20. The molecule has 0 spiro atoms. The number of halogens is 3. The number of rotatable bonds is 5. The highest BCUT2D eigenvalue weighted by Gasteiger charge is 2.39. The number of carboxylic acid groups (broad SMARTS) is 2. The number of likely N-dealkylation sites (tertiary alicyclic amines) is 1. The number of alkyl halides is 3. The summed E-state index contributed by atoms with van der Waals surface area (Å²) in [5.74, 6) is -3.43. The summed E-state index contributed by atoms with van der Waals surface area (Å²) >= 11 is 0. The van der Waals surface area contributed by atoms with Gasteiger partial charge < -0.3 is 20.4 Å². The van der Waals surface area contributed by atoms with Crippen molar-refractivity contribution in [3.8, 4) is 0 Å². The molecule has 2 aromatic carbocycles. The Morgan fingerprint density at radius 2 is 1.71 bits per heavy atom. The summed E-state index contributed by atoms with van der Waals surface area (Å²) in [5.41, 5.74) is 0.268. The molecule has 1 fully saturated rings. The molecule has 0 radical (unpaired) electrons. The number of aromatic nitrogens is 2. The molecule has 1 aliphatic rings. The van der Waals surface area contributed by atoms with Crippen LogP contribution >= 0.6 is 0 Å². The quantitative estimate of drug-likeness (QED) is 0.494. The molecule has 2 atom stereocenters. The number of hydrogen-bond acceptors (Lipinski definition) is 6. The van der Waals surface area contributed by atoms with Crippen LogP contribution in [0.25, 0.3) is 11.0 Å². The number of nitrogens with zero attached hydrogens (tertiary/aromatic N) is 3. The van der Waals surface area contributed by atoms with Crippen molar-refractivity contribution in [1.29, 1.82) is 0 Å². The van der Waals surface area contributed by atoms with Gasteiger partial charge in [0.05, 0.1) is 28.7 Å². The van der Waals surface area contributed by atoms with Crippen LogP contribution in [0.5, 0.6) is 0 Å². The summed E-state index contributed by atoms with van der Waals surface area (Å²) in [6, 6.07) is 7.91. The van der Waals surface area contributed by atoms with Gasteiger partial charge in [0.2, 0.25) is 0 Å². The van der Waals surface area contributed by atoms with Crippen molar-refractivity contribution in [3.05, 3.63) is 59.8 Å². The van der Waals surface area contributed by atoms with Crippen LogP contribution in [-0.2, 0) is 15.8 Å². The molecule has 2 unspecified atom stereocenters. The Hall–Kier alpha value is -4.22. The minimum absolute atomic E-state index is 0.00942. The van der Waals surface area contributed by atoms with Gasteiger partial charge in [0.15, 0.2) is 0 Å². The van der Waals surface area contributed by atoms with Crippen molar-refractivity contribution in [2.45, 2.75) is 25.1 Å². The maximum absolute atomic E-state index is 12.9. The van der Waals surface area contributed by atoms with Gasteiger partial charge in [-0.05, 0) is 55.3 Å². The van der Waals surface area contributed by atoms with E-state index in [0.29, 0.717) is 5.69 Å². The van der Waals surface area contributed by atoms with Gasteiger partial charge in [-0.2, -0.15) is 13.2 Å². The summed E-state index contributed by atoms with van der Waals surface area (Å²) in [6.45, 7) is 0.00942. The second kappa shape index (κ2) is 9.20. The summed E-state index contributed by atoms with van der Waals surface area (Å²) in [4.78, 5) is 45.2. The molecule has 4 rings (SSSR count). The number of fused-ring (bicyclic) bond motifs is 1. The molecule has 12 heteroatoms. The van der Waals surface area contributed by atoms with Crippen LogP contribution in [0.15, 0.2) is 48.7 Å². The average molecular weight is 488 g/mol. The molecule has 182 valence electrons. The number of carbonyl (C=O) groups excluding carboxylic acids is 1. The van der Waals surface area contributed by atoms with E-state index in [1.165, 1.54) is 24.4 Å². The van der Waals surface area contributed by atoms with E-state index in [2.05, 4.69) is 15.3 Å². The minimum atomic E-state index is -4.48. The molecule has 1 aliphatic heterocycles. The van der Waals surface area contributed by atoms with Crippen molar-refractivity contribution >= 4 is 40.4 Å². The van der Waals surface area contributed by atoms with Crippen LogP contribution in [-0.4, -0.2) is 55.5 Å². The first-order valence-electron chi connectivity index (χ1n) is 10.5. The van der Waals surface area contributed by atoms with Gasteiger partial charge in [0.1, 0.15) is 11.9 Å². The lowest BCUT2D eigenvalue weighted by atomic mass is 9.90. The Bertz CT molecular complexity index is 1300. The minimum Gasteiger partial charge on any atom is -0.481 e. The Labute approximate surface area is 196 Å². The number of nitrogens with one attached hydrogen (secondary N) is 1. The third-order valence-corrected chi connectivity index (χ3v) is 5.77. The Morgan fingerprint density at radius 1 is 1.00 bits per heavy atom. The number of anilines is 2. The molecule has 0 saturated carbocycles. The van der Waals surface area contributed by atoms with E-state index in [-0.39, 0.29) is 41.8 Å². The number of carbonyl (C=O) groups is 3. The van der Waals surface area contributed by atoms with Crippen molar-refractivity contribution in [2.75, 3.05) is 11.9 Å². The summed E-state index contributed by atoms with van der Waals surface area (Å²) in [7, 11) is 0. The molecule has 2 heterocycles. The zero-order chi connectivity index (χ0) is 25.3. The normalized spacial score (nSPS) is 18.3. The monoisotopic (exact) mass is 488 g/mol. The predicted octanol–water partition coefficient (Wildman–Crippen LogP) is 3.78. The SMILES string of the molecule is O=C(O)C1CCN(C(=O)c2ccc(Nc3cnc4cc(C(F)(F)F)ccc4n3)cc2)C(C(=O)O)C1. The molecule has 9 nitrogen and oxygen atoms in total. The van der Waals surface area contributed by atoms with Gasteiger partial charge in [0.25, 0.3) is 5.91 Å². The van der Waals surface area contributed by atoms with Crippen LogP contribution in [0.3, 0.4) is 0 Å². The first-order chi connectivity index (χ1) is 16.5. The van der Waals surface area contributed by atoms with E-state index in [0.717, 1.165) is 17.0 Å². The van der Waals surface area contributed by atoms with Gasteiger partial charge in [-0.1, -0.05) is 0 Å². The number of carboxylic acids is 2. The van der Waals surface area contributed by atoms with E-state index >= 15 is 0 Å². The fourth-order valence-electron chi connectivity index (χ4n) is 3.92. The van der Waals surface area contributed by atoms with Crippen molar-refractivity contribution < 1.29 is 37.8 Å². The summed E-state index contributed by atoms with van der Waals surface area (Å²) in [5, 5.41) is 21.6. The molecule has 1 saturated heterocycles. The molecule has 1 amide bonds. The zero-order valence-corrected chi connectivity index (χ0v) is 18.0. The zero-order valence-electron chi connectivity index (χ0n) is 18.0. The van der Waals surface area contributed by atoms with E-state index in [9.17, 15) is 37.8 Å². The van der Waals surface area contributed by atoms with Gasteiger partial charge in [-0.3, -0.25) is 14.6 Å². The van der Waals surface area contributed by atoms with Crippen LogP contribution < -0.4 is 5.32 Å². The number of amides is 1. The smallest absolute Gasteiger partial charge is 0.416 e. The third kappa shape index (κ3) is 5.15. The second-order valence-electron chi connectivity index (χ2n) is 8.07. The van der Waals surface area contributed by atoms with E-state index in [1.807, 2.05) is 0 Å². The van der Waals surface area contributed by atoms with E-state index < -0.39 is 41.5 Å². The lowest BCUT2D eigenvalue weighted by Gasteiger charge is -2.35. The Kier molecular flexibility index (Phi) is 6.29.